The number of thioether (sulfide) groups is 1. The summed E-state index contributed by atoms with van der Waals surface area (Å²) >= 11 is 1.34. The van der Waals surface area contributed by atoms with Crippen LogP contribution in [0.15, 0.2) is 0 Å². The Morgan fingerprint density at radius 1 is 1.44 bits per heavy atom. The minimum absolute atomic E-state index is 0.0146. The predicted molar refractivity (Wildman–Crippen MR) is 68.0 cm³/mol. The molecule has 1 unspecified atom stereocenters. The number of nitrogens with zero attached hydrogens (tertiary/aromatic N) is 1. The minimum Gasteiger partial charge on any atom is -0.481 e. The molecule has 102 valence electrons. The average molecular weight is 274 g/mol. The maximum atomic E-state index is 11.7. The molecule has 6 nitrogen and oxygen atoms in total. The predicted octanol–water partition coefficient (Wildman–Crippen LogP) is -0.226. The quantitative estimate of drug-likeness (QED) is 0.625. The van der Waals surface area contributed by atoms with Crippen molar-refractivity contribution < 1.29 is 19.5 Å². The van der Waals surface area contributed by atoms with E-state index in [1.54, 1.807) is 11.8 Å². The zero-order chi connectivity index (χ0) is 13.7. The van der Waals surface area contributed by atoms with Gasteiger partial charge in [0, 0.05) is 31.2 Å². The number of carboxylic acid groups (broad SMARTS) is 1. The number of hydrogen-bond donors (Lipinski definition) is 2. The fourth-order valence-corrected chi connectivity index (χ4v) is 2.39. The molecule has 0 aliphatic carbocycles. The molecule has 1 aliphatic rings. The van der Waals surface area contributed by atoms with Gasteiger partial charge in [-0.15, -0.1) is 0 Å². The van der Waals surface area contributed by atoms with E-state index in [-0.39, 0.29) is 23.5 Å². The number of carboxylic acids is 1. The normalized spacial score (nSPS) is 17.1. The molecule has 1 fully saturated rings. The highest BCUT2D eigenvalue weighted by molar-refractivity contribution is 7.99. The van der Waals surface area contributed by atoms with Gasteiger partial charge in [-0.25, -0.2) is 0 Å². The molecule has 0 radical (unpaired) electrons. The molecule has 1 aliphatic heterocycles. The van der Waals surface area contributed by atoms with Crippen LogP contribution in [0.25, 0.3) is 0 Å². The Labute approximate surface area is 110 Å². The summed E-state index contributed by atoms with van der Waals surface area (Å²) in [4.78, 5) is 34.5. The van der Waals surface area contributed by atoms with E-state index >= 15 is 0 Å². The lowest BCUT2D eigenvalue weighted by Crippen LogP contribution is -2.53. The standard InChI is InChI=1S/C11H18N2O4S/c1-7(11(16)17)8-4-13(5-8)10(15)2-3-18-6-9(12)14/h7-8H,2-6H2,1H3,(H2,12,14)(H,16,17). The molecule has 7 heteroatoms. The van der Waals surface area contributed by atoms with Crippen LogP contribution in [0, 0.1) is 11.8 Å². The van der Waals surface area contributed by atoms with Gasteiger partial charge in [-0.1, -0.05) is 6.92 Å². The highest BCUT2D eigenvalue weighted by atomic mass is 32.2. The van der Waals surface area contributed by atoms with Crippen molar-refractivity contribution in [1.82, 2.24) is 4.90 Å². The Hall–Kier alpha value is -1.24. The van der Waals surface area contributed by atoms with E-state index < -0.39 is 11.9 Å². The Balaban J connectivity index is 2.15. The van der Waals surface area contributed by atoms with Gasteiger partial charge < -0.3 is 15.7 Å². The zero-order valence-electron chi connectivity index (χ0n) is 10.3. The van der Waals surface area contributed by atoms with Crippen molar-refractivity contribution in [2.75, 3.05) is 24.6 Å². The van der Waals surface area contributed by atoms with E-state index in [4.69, 9.17) is 10.8 Å². The summed E-state index contributed by atoms with van der Waals surface area (Å²) in [5.41, 5.74) is 4.98. The molecule has 0 aromatic carbocycles. The Morgan fingerprint density at radius 2 is 2.06 bits per heavy atom. The lowest BCUT2D eigenvalue weighted by molar-refractivity contribution is -0.150. The summed E-state index contributed by atoms with van der Waals surface area (Å²) in [7, 11) is 0. The van der Waals surface area contributed by atoms with Crippen molar-refractivity contribution in [2.45, 2.75) is 13.3 Å². The van der Waals surface area contributed by atoms with Crippen LogP contribution < -0.4 is 5.73 Å². The molecule has 0 spiro atoms. The zero-order valence-corrected chi connectivity index (χ0v) is 11.1. The van der Waals surface area contributed by atoms with Gasteiger partial charge in [0.1, 0.15) is 0 Å². The Morgan fingerprint density at radius 3 is 2.56 bits per heavy atom. The van der Waals surface area contributed by atoms with Crippen LogP contribution in [0.1, 0.15) is 13.3 Å². The summed E-state index contributed by atoms with van der Waals surface area (Å²) in [6, 6.07) is 0. The van der Waals surface area contributed by atoms with Crippen LogP contribution >= 0.6 is 11.8 Å². The third kappa shape index (κ3) is 4.21. The van der Waals surface area contributed by atoms with Crippen molar-refractivity contribution in [3.05, 3.63) is 0 Å². The molecule has 0 aromatic rings. The largest absolute Gasteiger partial charge is 0.481 e. The van der Waals surface area contributed by atoms with E-state index in [0.717, 1.165) is 0 Å². The molecule has 0 bridgehead atoms. The van der Waals surface area contributed by atoms with E-state index in [9.17, 15) is 14.4 Å². The van der Waals surface area contributed by atoms with Gasteiger partial charge in [-0.2, -0.15) is 11.8 Å². The summed E-state index contributed by atoms with van der Waals surface area (Å²) in [5.74, 6) is -0.733. The van der Waals surface area contributed by atoms with E-state index in [2.05, 4.69) is 0 Å². The third-order valence-corrected chi connectivity index (χ3v) is 4.05. The second kappa shape index (κ2) is 6.63. The highest BCUT2D eigenvalue weighted by Gasteiger charge is 2.36. The van der Waals surface area contributed by atoms with Crippen LogP contribution in [0.5, 0.6) is 0 Å². The number of aliphatic carboxylic acids is 1. The average Bonchev–Trinajstić information content (AvgIpc) is 2.21. The van der Waals surface area contributed by atoms with Gasteiger partial charge in [0.15, 0.2) is 0 Å². The number of primary amides is 1. The number of carbonyl (C=O) groups is 3. The molecular formula is C11H18N2O4S. The molecule has 1 atom stereocenters. The maximum absolute atomic E-state index is 11.7. The highest BCUT2D eigenvalue weighted by Crippen LogP contribution is 2.24. The first-order valence-corrected chi connectivity index (χ1v) is 6.94. The summed E-state index contributed by atoms with van der Waals surface area (Å²) in [5, 5.41) is 8.82. The van der Waals surface area contributed by atoms with Gasteiger partial charge in [0.05, 0.1) is 11.7 Å². The van der Waals surface area contributed by atoms with Crippen molar-refractivity contribution in [2.24, 2.45) is 17.6 Å². The van der Waals surface area contributed by atoms with Crippen LogP contribution in [0.2, 0.25) is 0 Å². The Bertz CT molecular complexity index is 342. The molecule has 2 amide bonds. The lowest BCUT2D eigenvalue weighted by atomic mass is 9.87. The van der Waals surface area contributed by atoms with Crippen LogP contribution in [0.3, 0.4) is 0 Å². The topological polar surface area (TPSA) is 101 Å². The van der Waals surface area contributed by atoms with Crippen molar-refractivity contribution >= 4 is 29.5 Å². The Kier molecular flexibility index (Phi) is 5.46. The molecule has 1 rings (SSSR count). The maximum Gasteiger partial charge on any atom is 0.306 e. The van der Waals surface area contributed by atoms with Crippen LogP contribution in [0.4, 0.5) is 0 Å². The first-order chi connectivity index (χ1) is 8.41. The summed E-state index contributed by atoms with van der Waals surface area (Å²) < 4.78 is 0. The molecule has 18 heavy (non-hydrogen) atoms. The molecule has 1 saturated heterocycles. The number of likely N-dealkylation sites (tertiary alicyclic amines) is 1. The molecular weight excluding hydrogens is 256 g/mol. The molecule has 3 N–H and O–H groups in total. The molecule has 0 saturated carbocycles. The first kappa shape index (κ1) is 14.8. The second-order valence-electron chi connectivity index (χ2n) is 4.45. The fourth-order valence-electron chi connectivity index (χ4n) is 1.72. The van der Waals surface area contributed by atoms with Crippen LogP contribution in [-0.2, 0) is 14.4 Å². The van der Waals surface area contributed by atoms with Crippen molar-refractivity contribution in [3.63, 3.8) is 0 Å². The van der Waals surface area contributed by atoms with Gasteiger partial charge in [0.25, 0.3) is 0 Å². The molecule has 1 heterocycles. The summed E-state index contributed by atoms with van der Waals surface area (Å²) in [6.45, 7) is 2.71. The number of hydrogen-bond acceptors (Lipinski definition) is 4. The third-order valence-electron chi connectivity index (χ3n) is 3.06. The van der Waals surface area contributed by atoms with Gasteiger partial charge >= 0.3 is 5.97 Å². The van der Waals surface area contributed by atoms with Gasteiger partial charge in [0.2, 0.25) is 11.8 Å². The number of amides is 2. The van der Waals surface area contributed by atoms with Crippen molar-refractivity contribution in [3.8, 4) is 0 Å². The number of rotatable bonds is 7. The summed E-state index contributed by atoms with van der Waals surface area (Å²) in [6.07, 6.45) is 0.367. The van der Waals surface area contributed by atoms with Crippen LogP contribution in [-0.4, -0.2) is 52.4 Å². The van der Waals surface area contributed by atoms with Crippen molar-refractivity contribution in [1.29, 1.82) is 0 Å². The lowest BCUT2D eigenvalue weighted by Gasteiger charge is -2.41. The minimum atomic E-state index is -0.816. The monoisotopic (exact) mass is 274 g/mol. The fraction of sp³-hybridized carbons (Fsp3) is 0.727. The number of nitrogens with two attached hydrogens (primary N) is 1. The second-order valence-corrected chi connectivity index (χ2v) is 5.56. The van der Waals surface area contributed by atoms with E-state index in [1.165, 1.54) is 11.8 Å². The molecule has 0 aromatic heterocycles. The van der Waals surface area contributed by atoms with Gasteiger partial charge in [-0.3, -0.25) is 14.4 Å². The number of carbonyl (C=O) groups excluding carboxylic acids is 2. The van der Waals surface area contributed by atoms with Gasteiger partial charge in [-0.05, 0) is 0 Å². The SMILES string of the molecule is CC(C(=O)O)C1CN(C(=O)CCSCC(N)=O)C1. The van der Waals surface area contributed by atoms with E-state index in [1.807, 2.05) is 0 Å². The first-order valence-electron chi connectivity index (χ1n) is 5.78. The smallest absolute Gasteiger partial charge is 0.306 e. The van der Waals surface area contributed by atoms with E-state index in [0.29, 0.717) is 25.3 Å².